The van der Waals surface area contributed by atoms with Crippen molar-refractivity contribution in [2.24, 2.45) is 0 Å². The van der Waals surface area contributed by atoms with Crippen molar-refractivity contribution >= 4 is 18.5 Å². The van der Waals surface area contributed by atoms with Gasteiger partial charge in [-0.15, -0.1) is 0 Å². The molecule has 0 saturated heterocycles. The van der Waals surface area contributed by atoms with Gasteiger partial charge in [-0.25, -0.2) is 0 Å². The molecule has 0 spiro atoms. The molecule has 1 heteroatoms. The second kappa shape index (κ2) is 6.70. The average molecular weight is 290 g/mol. The van der Waals surface area contributed by atoms with Gasteiger partial charge in [-0.3, -0.25) is 0 Å². The zero-order valence-electron chi connectivity index (χ0n) is 12.2. The maximum Gasteiger partial charge on any atom is 0.000743 e. The van der Waals surface area contributed by atoms with Crippen molar-refractivity contribution in [3.05, 3.63) is 96.1 Å². The van der Waals surface area contributed by atoms with Gasteiger partial charge in [-0.1, -0.05) is 90.5 Å². The third-order valence-corrected chi connectivity index (χ3v) is 6.12. The van der Waals surface area contributed by atoms with E-state index in [4.69, 9.17) is 0 Å². The average Bonchev–Trinajstić information content (AvgIpc) is 2.56. The second-order valence-electron chi connectivity index (χ2n) is 5.24. The Labute approximate surface area is 128 Å². The first-order valence-electron chi connectivity index (χ1n) is 7.26. The Morgan fingerprint density at radius 3 is 1.57 bits per heavy atom. The fraction of sp³-hybridized carbons (Fsp3) is 0.100. The van der Waals surface area contributed by atoms with E-state index in [1.807, 2.05) is 0 Å². The molecule has 0 atom stereocenters. The van der Waals surface area contributed by atoms with E-state index >= 15 is 0 Å². The highest BCUT2D eigenvalue weighted by molar-refractivity contribution is 7.72. The van der Waals surface area contributed by atoms with Crippen molar-refractivity contribution in [3.63, 3.8) is 0 Å². The van der Waals surface area contributed by atoms with Crippen LogP contribution in [0.2, 0.25) is 0 Å². The fourth-order valence-electron chi connectivity index (χ4n) is 2.42. The largest absolute Gasteiger partial charge is 0.0622 e. The third kappa shape index (κ3) is 3.60. The van der Waals surface area contributed by atoms with Gasteiger partial charge < -0.3 is 0 Å². The number of rotatable bonds is 4. The molecule has 0 aliphatic carbocycles. The lowest BCUT2D eigenvalue weighted by molar-refractivity contribution is 1.36. The van der Waals surface area contributed by atoms with Crippen LogP contribution in [0.1, 0.15) is 11.1 Å². The summed E-state index contributed by atoms with van der Waals surface area (Å²) in [7, 11) is -0.337. The topological polar surface area (TPSA) is 0 Å². The Balaban J connectivity index is 1.95. The molecule has 0 N–H and O–H groups in total. The summed E-state index contributed by atoms with van der Waals surface area (Å²) >= 11 is 0. The molecule has 0 radical (unpaired) electrons. The van der Waals surface area contributed by atoms with Crippen LogP contribution in [0.25, 0.3) is 0 Å². The molecule has 0 fully saturated rings. The molecule has 0 amide bonds. The van der Waals surface area contributed by atoms with Crippen LogP contribution in [0.3, 0.4) is 0 Å². The van der Waals surface area contributed by atoms with Gasteiger partial charge in [0.15, 0.2) is 0 Å². The van der Waals surface area contributed by atoms with E-state index in [2.05, 4.69) is 91.9 Å². The van der Waals surface area contributed by atoms with Gasteiger partial charge in [-0.05, 0) is 31.0 Å². The van der Waals surface area contributed by atoms with Crippen LogP contribution in [-0.2, 0) is 6.16 Å². The van der Waals surface area contributed by atoms with Crippen LogP contribution in [0, 0.1) is 6.92 Å². The number of aryl methyl sites for hydroxylation is 1. The summed E-state index contributed by atoms with van der Waals surface area (Å²) in [4.78, 5) is 0. The lowest BCUT2D eigenvalue weighted by atomic mass is 10.2. The Bertz CT molecular complexity index is 633. The number of hydrogen-bond donors (Lipinski definition) is 0. The smallest absolute Gasteiger partial charge is 0.000743 e. The minimum atomic E-state index is -0.337. The van der Waals surface area contributed by atoms with E-state index in [0.29, 0.717) is 0 Å². The van der Waals surface area contributed by atoms with Crippen LogP contribution >= 0.6 is 7.92 Å². The van der Waals surface area contributed by atoms with E-state index in [1.165, 1.54) is 21.7 Å². The highest BCUT2D eigenvalue weighted by Crippen LogP contribution is 2.37. The first-order chi connectivity index (χ1) is 10.3. The van der Waals surface area contributed by atoms with Crippen LogP contribution in [-0.4, -0.2) is 0 Å². The van der Waals surface area contributed by atoms with Gasteiger partial charge in [0.05, 0.1) is 0 Å². The summed E-state index contributed by atoms with van der Waals surface area (Å²) in [5.41, 5.74) is 2.74. The molecule has 0 heterocycles. The molecule has 0 aromatic heterocycles. The van der Waals surface area contributed by atoms with Gasteiger partial charge in [0.2, 0.25) is 0 Å². The molecule has 0 saturated carbocycles. The van der Waals surface area contributed by atoms with Crippen molar-refractivity contribution in [3.8, 4) is 0 Å². The predicted octanol–water partition coefficient (Wildman–Crippen LogP) is 4.63. The Morgan fingerprint density at radius 1 is 0.619 bits per heavy atom. The molecule has 104 valence electrons. The van der Waals surface area contributed by atoms with Gasteiger partial charge in [0.1, 0.15) is 0 Å². The zero-order valence-corrected chi connectivity index (χ0v) is 13.1. The highest BCUT2D eigenvalue weighted by Gasteiger charge is 2.13. The van der Waals surface area contributed by atoms with E-state index in [1.54, 1.807) is 0 Å². The first kappa shape index (κ1) is 14.0. The molecule has 3 aromatic rings. The normalized spacial score (nSPS) is 10.8. The van der Waals surface area contributed by atoms with Gasteiger partial charge in [0.25, 0.3) is 0 Å². The zero-order chi connectivity index (χ0) is 14.5. The van der Waals surface area contributed by atoms with E-state index in [9.17, 15) is 0 Å². The lowest BCUT2D eigenvalue weighted by Gasteiger charge is -2.19. The minimum Gasteiger partial charge on any atom is -0.0622 e. The number of benzene rings is 3. The predicted molar refractivity (Wildman–Crippen MR) is 94.0 cm³/mol. The Hall–Kier alpha value is -1.91. The quantitative estimate of drug-likeness (QED) is 0.615. The summed E-state index contributed by atoms with van der Waals surface area (Å²) in [5.74, 6) is 0. The third-order valence-electron chi connectivity index (χ3n) is 3.60. The van der Waals surface area contributed by atoms with Gasteiger partial charge in [-0.2, -0.15) is 0 Å². The monoisotopic (exact) mass is 290 g/mol. The van der Waals surface area contributed by atoms with Gasteiger partial charge >= 0.3 is 0 Å². The maximum atomic E-state index is 2.26. The first-order valence-corrected chi connectivity index (χ1v) is 8.79. The van der Waals surface area contributed by atoms with Crippen molar-refractivity contribution in [2.75, 3.05) is 0 Å². The lowest BCUT2D eigenvalue weighted by Crippen LogP contribution is -2.12. The number of hydrogen-bond acceptors (Lipinski definition) is 0. The maximum absolute atomic E-state index is 2.26. The molecule has 21 heavy (non-hydrogen) atoms. The summed E-state index contributed by atoms with van der Waals surface area (Å²) in [6, 6.07) is 30.7. The van der Waals surface area contributed by atoms with Crippen molar-refractivity contribution < 1.29 is 0 Å². The van der Waals surface area contributed by atoms with Crippen molar-refractivity contribution in [1.29, 1.82) is 0 Å². The Morgan fingerprint density at radius 2 is 1.10 bits per heavy atom. The fourth-order valence-corrected chi connectivity index (χ4v) is 4.73. The standard InChI is InChI=1S/C20H19P/c1-17-12-14-18(15-13-17)16-21(19-8-4-2-5-9-19)20-10-6-3-7-11-20/h2-15H,16H2,1H3. The molecular formula is C20H19P. The SMILES string of the molecule is Cc1ccc(CP(c2ccccc2)c2ccccc2)cc1. The summed E-state index contributed by atoms with van der Waals surface area (Å²) in [5, 5.41) is 2.89. The summed E-state index contributed by atoms with van der Waals surface area (Å²) in [6.45, 7) is 2.14. The molecule has 3 aromatic carbocycles. The van der Waals surface area contributed by atoms with E-state index in [-0.39, 0.29) is 7.92 Å². The molecular weight excluding hydrogens is 271 g/mol. The van der Waals surface area contributed by atoms with Crippen molar-refractivity contribution in [1.82, 2.24) is 0 Å². The second-order valence-corrected chi connectivity index (χ2v) is 7.45. The Kier molecular flexibility index (Phi) is 4.48. The highest BCUT2D eigenvalue weighted by atomic mass is 31.1. The van der Waals surface area contributed by atoms with Crippen LogP contribution in [0.15, 0.2) is 84.9 Å². The molecule has 0 aliphatic rings. The van der Waals surface area contributed by atoms with Gasteiger partial charge in [0, 0.05) is 6.16 Å². The molecule has 0 aliphatic heterocycles. The molecule has 3 rings (SSSR count). The van der Waals surface area contributed by atoms with Crippen molar-refractivity contribution in [2.45, 2.75) is 13.1 Å². The minimum absolute atomic E-state index is 0.337. The molecule has 0 bridgehead atoms. The van der Waals surface area contributed by atoms with Crippen LogP contribution < -0.4 is 10.6 Å². The molecule has 0 nitrogen and oxygen atoms in total. The van der Waals surface area contributed by atoms with Crippen LogP contribution in [0.5, 0.6) is 0 Å². The van der Waals surface area contributed by atoms with E-state index < -0.39 is 0 Å². The molecule has 0 unspecified atom stereocenters. The van der Waals surface area contributed by atoms with Crippen LogP contribution in [0.4, 0.5) is 0 Å². The van der Waals surface area contributed by atoms with E-state index in [0.717, 1.165) is 6.16 Å². The summed E-state index contributed by atoms with van der Waals surface area (Å²) in [6.07, 6.45) is 1.10. The summed E-state index contributed by atoms with van der Waals surface area (Å²) < 4.78 is 0.